The van der Waals surface area contributed by atoms with E-state index in [0.29, 0.717) is 6.42 Å². The Kier molecular flexibility index (Phi) is 4.58. The summed E-state index contributed by atoms with van der Waals surface area (Å²) in [6, 6.07) is 10.5. The van der Waals surface area contributed by atoms with E-state index < -0.39 is 15.8 Å². The van der Waals surface area contributed by atoms with Gasteiger partial charge in [0.1, 0.15) is 6.54 Å². The molecule has 1 N–H and O–H groups in total. The SMILES string of the molecule is Cc1ccc2c(n1)c(Cc1ccc(S(C)(=O)=O)cc1)c(C)n2CC(=O)O. The van der Waals surface area contributed by atoms with E-state index in [9.17, 15) is 18.3 Å². The highest BCUT2D eigenvalue weighted by molar-refractivity contribution is 7.90. The van der Waals surface area contributed by atoms with Gasteiger partial charge >= 0.3 is 5.97 Å². The zero-order valence-electron chi connectivity index (χ0n) is 14.9. The summed E-state index contributed by atoms with van der Waals surface area (Å²) >= 11 is 0. The van der Waals surface area contributed by atoms with Crippen LogP contribution in [-0.2, 0) is 27.6 Å². The van der Waals surface area contributed by atoms with Crippen LogP contribution in [0.1, 0.15) is 22.5 Å². The van der Waals surface area contributed by atoms with Crippen molar-refractivity contribution in [3.8, 4) is 0 Å². The number of fused-ring (bicyclic) bond motifs is 1. The highest BCUT2D eigenvalue weighted by Crippen LogP contribution is 2.27. The fraction of sp³-hybridized carbons (Fsp3) is 0.263. The lowest BCUT2D eigenvalue weighted by molar-refractivity contribution is -0.137. The molecule has 0 bridgehead atoms. The number of rotatable bonds is 5. The van der Waals surface area contributed by atoms with Crippen molar-refractivity contribution in [1.29, 1.82) is 0 Å². The largest absolute Gasteiger partial charge is 0.480 e. The molecule has 3 rings (SSSR count). The number of carboxylic acids is 1. The highest BCUT2D eigenvalue weighted by atomic mass is 32.2. The van der Waals surface area contributed by atoms with Gasteiger partial charge in [0.2, 0.25) is 0 Å². The molecule has 0 amide bonds. The third-order valence-electron chi connectivity index (χ3n) is 4.46. The van der Waals surface area contributed by atoms with Gasteiger partial charge in [-0.05, 0) is 43.7 Å². The second kappa shape index (κ2) is 6.57. The van der Waals surface area contributed by atoms with Crippen LogP contribution in [0.15, 0.2) is 41.3 Å². The summed E-state index contributed by atoms with van der Waals surface area (Å²) in [5, 5.41) is 9.21. The van der Waals surface area contributed by atoms with Crippen molar-refractivity contribution < 1.29 is 18.3 Å². The summed E-state index contributed by atoms with van der Waals surface area (Å²) in [6.45, 7) is 3.66. The molecule has 2 aromatic heterocycles. The molecular weight excluding hydrogens is 352 g/mol. The topological polar surface area (TPSA) is 89.3 Å². The van der Waals surface area contributed by atoms with Gasteiger partial charge in [0.15, 0.2) is 9.84 Å². The second-order valence-electron chi connectivity index (χ2n) is 6.46. The van der Waals surface area contributed by atoms with Gasteiger partial charge in [0, 0.05) is 29.6 Å². The predicted molar refractivity (Wildman–Crippen MR) is 99.2 cm³/mol. The maximum Gasteiger partial charge on any atom is 0.323 e. The number of aryl methyl sites for hydroxylation is 1. The first-order chi connectivity index (χ1) is 12.2. The Morgan fingerprint density at radius 1 is 1.12 bits per heavy atom. The molecule has 0 aliphatic heterocycles. The van der Waals surface area contributed by atoms with Crippen molar-refractivity contribution in [3.63, 3.8) is 0 Å². The molecule has 0 aliphatic rings. The lowest BCUT2D eigenvalue weighted by Crippen LogP contribution is -2.10. The first-order valence-corrected chi connectivity index (χ1v) is 10.0. The Bertz CT molecular complexity index is 1100. The smallest absolute Gasteiger partial charge is 0.323 e. The van der Waals surface area contributed by atoms with E-state index in [-0.39, 0.29) is 11.4 Å². The molecule has 0 radical (unpaired) electrons. The van der Waals surface area contributed by atoms with Gasteiger partial charge in [0.05, 0.1) is 15.9 Å². The summed E-state index contributed by atoms with van der Waals surface area (Å²) in [5.74, 6) is -0.908. The molecule has 0 saturated heterocycles. The van der Waals surface area contributed by atoms with Crippen molar-refractivity contribution in [2.24, 2.45) is 0 Å². The van der Waals surface area contributed by atoms with E-state index >= 15 is 0 Å². The molecule has 7 heteroatoms. The van der Waals surface area contributed by atoms with E-state index in [4.69, 9.17) is 0 Å². The third kappa shape index (κ3) is 3.48. The maximum absolute atomic E-state index is 11.6. The molecule has 3 aromatic rings. The molecule has 136 valence electrons. The standard InChI is InChI=1S/C19H20N2O4S/c1-12-4-9-17-19(20-12)16(13(2)21(17)11-18(22)23)10-14-5-7-15(8-6-14)26(3,24)25/h4-9H,10-11H2,1-3H3,(H,22,23). The second-order valence-corrected chi connectivity index (χ2v) is 8.47. The fourth-order valence-electron chi connectivity index (χ4n) is 3.11. The van der Waals surface area contributed by atoms with Gasteiger partial charge < -0.3 is 9.67 Å². The number of nitrogens with zero attached hydrogens (tertiary/aromatic N) is 2. The quantitative estimate of drug-likeness (QED) is 0.744. The number of aromatic nitrogens is 2. The van der Waals surface area contributed by atoms with Crippen LogP contribution in [0.25, 0.3) is 11.0 Å². The molecular formula is C19H20N2O4S. The van der Waals surface area contributed by atoms with Gasteiger partial charge in [0.25, 0.3) is 0 Å². The van der Waals surface area contributed by atoms with E-state index in [1.807, 2.05) is 26.0 Å². The molecule has 0 fully saturated rings. The lowest BCUT2D eigenvalue weighted by Gasteiger charge is -2.06. The van der Waals surface area contributed by atoms with Crippen LogP contribution >= 0.6 is 0 Å². The van der Waals surface area contributed by atoms with Crippen LogP contribution in [0.2, 0.25) is 0 Å². The Balaban J connectivity index is 2.08. The van der Waals surface area contributed by atoms with Crippen LogP contribution in [0.5, 0.6) is 0 Å². The first kappa shape index (κ1) is 18.1. The van der Waals surface area contributed by atoms with E-state index in [0.717, 1.165) is 33.5 Å². The molecule has 26 heavy (non-hydrogen) atoms. The average molecular weight is 372 g/mol. The van der Waals surface area contributed by atoms with Crippen molar-refractivity contribution in [2.75, 3.05) is 6.26 Å². The predicted octanol–water partition coefficient (Wildman–Crippen LogP) is 2.73. The number of carbonyl (C=O) groups is 1. The first-order valence-electron chi connectivity index (χ1n) is 8.13. The molecule has 0 unspecified atom stereocenters. The molecule has 0 aliphatic carbocycles. The number of benzene rings is 1. The van der Waals surface area contributed by atoms with Crippen molar-refractivity contribution in [2.45, 2.75) is 31.7 Å². The molecule has 0 saturated carbocycles. The zero-order chi connectivity index (χ0) is 19.1. The van der Waals surface area contributed by atoms with Gasteiger partial charge in [-0.1, -0.05) is 12.1 Å². The molecule has 0 atom stereocenters. The van der Waals surface area contributed by atoms with Crippen LogP contribution < -0.4 is 0 Å². The van der Waals surface area contributed by atoms with Gasteiger partial charge in [-0.15, -0.1) is 0 Å². The molecule has 0 spiro atoms. The number of pyridine rings is 1. The average Bonchev–Trinajstić information content (AvgIpc) is 2.79. The normalized spacial score (nSPS) is 11.8. The Morgan fingerprint density at radius 3 is 2.35 bits per heavy atom. The number of aliphatic carboxylic acids is 1. The summed E-state index contributed by atoms with van der Waals surface area (Å²) in [4.78, 5) is 16.1. The monoisotopic (exact) mass is 372 g/mol. The summed E-state index contributed by atoms with van der Waals surface area (Å²) < 4.78 is 25.0. The highest BCUT2D eigenvalue weighted by Gasteiger charge is 2.18. The number of hydrogen-bond donors (Lipinski definition) is 1. The summed E-state index contributed by atoms with van der Waals surface area (Å²) in [6.07, 6.45) is 1.73. The maximum atomic E-state index is 11.6. The molecule has 6 nitrogen and oxygen atoms in total. The van der Waals surface area contributed by atoms with Gasteiger partial charge in [-0.3, -0.25) is 9.78 Å². The number of carboxylic acid groups (broad SMARTS) is 1. The van der Waals surface area contributed by atoms with Crippen LogP contribution in [0.3, 0.4) is 0 Å². The lowest BCUT2D eigenvalue weighted by atomic mass is 10.0. The van der Waals surface area contributed by atoms with Crippen molar-refractivity contribution in [1.82, 2.24) is 9.55 Å². The van der Waals surface area contributed by atoms with Crippen LogP contribution in [0, 0.1) is 13.8 Å². The molecule has 2 heterocycles. The van der Waals surface area contributed by atoms with E-state index in [1.54, 1.807) is 28.8 Å². The zero-order valence-corrected chi connectivity index (χ0v) is 15.7. The Labute approximate surface area is 152 Å². The van der Waals surface area contributed by atoms with Crippen molar-refractivity contribution in [3.05, 3.63) is 58.9 Å². The van der Waals surface area contributed by atoms with E-state index in [2.05, 4.69) is 4.98 Å². The minimum absolute atomic E-state index is 0.125. The Hall–Kier alpha value is -2.67. The van der Waals surface area contributed by atoms with Crippen molar-refractivity contribution >= 4 is 26.8 Å². The van der Waals surface area contributed by atoms with Crippen LogP contribution in [-0.4, -0.2) is 35.3 Å². The van der Waals surface area contributed by atoms with E-state index in [1.165, 1.54) is 6.26 Å². The molecule has 1 aromatic carbocycles. The number of sulfone groups is 1. The summed E-state index contributed by atoms with van der Waals surface area (Å²) in [5.41, 5.74) is 5.19. The Morgan fingerprint density at radius 2 is 1.77 bits per heavy atom. The van der Waals surface area contributed by atoms with Gasteiger partial charge in [-0.25, -0.2) is 8.42 Å². The minimum Gasteiger partial charge on any atom is -0.480 e. The fourth-order valence-corrected chi connectivity index (χ4v) is 3.74. The summed E-state index contributed by atoms with van der Waals surface area (Å²) in [7, 11) is -3.23. The minimum atomic E-state index is -3.23. The number of hydrogen-bond acceptors (Lipinski definition) is 4. The third-order valence-corrected chi connectivity index (χ3v) is 5.59. The van der Waals surface area contributed by atoms with Gasteiger partial charge in [-0.2, -0.15) is 0 Å². The van der Waals surface area contributed by atoms with Crippen LogP contribution in [0.4, 0.5) is 0 Å².